The quantitative estimate of drug-likeness (QED) is 0.625. The molecule has 0 saturated heterocycles. The van der Waals surface area contributed by atoms with Crippen molar-refractivity contribution in [1.82, 2.24) is 0 Å². The zero-order valence-electron chi connectivity index (χ0n) is 11.7. The van der Waals surface area contributed by atoms with Crippen molar-refractivity contribution in [3.63, 3.8) is 0 Å². The summed E-state index contributed by atoms with van der Waals surface area (Å²) < 4.78 is 15.0. The molecule has 2 rings (SSSR count). The summed E-state index contributed by atoms with van der Waals surface area (Å²) >= 11 is 5.75. The lowest BCUT2D eigenvalue weighted by atomic mass is 10.2. The maximum atomic E-state index is 11.8. The number of benzene rings is 2. The van der Waals surface area contributed by atoms with E-state index < -0.39 is 11.9 Å². The second-order valence-corrected chi connectivity index (χ2v) is 4.64. The van der Waals surface area contributed by atoms with Crippen molar-refractivity contribution in [2.75, 3.05) is 13.7 Å². The van der Waals surface area contributed by atoms with Crippen molar-refractivity contribution in [2.24, 2.45) is 0 Å². The minimum atomic E-state index is -0.633. The van der Waals surface area contributed by atoms with Gasteiger partial charge in [0.05, 0.1) is 7.11 Å². The highest BCUT2D eigenvalue weighted by molar-refractivity contribution is 6.30. The summed E-state index contributed by atoms with van der Waals surface area (Å²) in [5, 5.41) is 0.571. The molecule has 0 aliphatic carbocycles. The van der Waals surface area contributed by atoms with Crippen molar-refractivity contribution >= 4 is 23.5 Å². The van der Waals surface area contributed by atoms with Gasteiger partial charge in [0.25, 0.3) is 0 Å². The second kappa shape index (κ2) is 7.47. The summed E-state index contributed by atoms with van der Waals surface area (Å²) in [7, 11) is 1.25. The standard InChI is InChI=1S/C16H13ClO5/c1-20-16(19)13-4-2-3-5-14(13)22-15(18)10-21-12-8-6-11(17)7-9-12/h2-9H,10H2,1H3. The maximum absolute atomic E-state index is 11.8. The first-order valence-corrected chi connectivity index (χ1v) is 6.74. The first-order valence-electron chi connectivity index (χ1n) is 6.36. The molecule has 0 aliphatic rings. The van der Waals surface area contributed by atoms with Gasteiger partial charge in [0, 0.05) is 5.02 Å². The number of ether oxygens (including phenoxy) is 3. The largest absolute Gasteiger partial charge is 0.482 e. The second-order valence-electron chi connectivity index (χ2n) is 4.20. The summed E-state index contributed by atoms with van der Waals surface area (Å²) in [5.74, 6) is -0.602. The molecule has 0 amide bonds. The number of para-hydroxylation sites is 1. The molecule has 0 fully saturated rings. The molecule has 0 aliphatic heterocycles. The average molecular weight is 321 g/mol. The zero-order valence-corrected chi connectivity index (χ0v) is 12.5. The van der Waals surface area contributed by atoms with Crippen LogP contribution in [0, 0.1) is 0 Å². The van der Waals surface area contributed by atoms with Gasteiger partial charge < -0.3 is 14.2 Å². The van der Waals surface area contributed by atoms with Gasteiger partial charge in [-0.1, -0.05) is 23.7 Å². The predicted octanol–water partition coefficient (Wildman–Crippen LogP) is 3.11. The van der Waals surface area contributed by atoms with Crippen LogP contribution >= 0.6 is 11.6 Å². The summed E-state index contributed by atoms with van der Waals surface area (Å²) in [4.78, 5) is 23.4. The van der Waals surface area contributed by atoms with Crippen LogP contribution in [-0.2, 0) is 9.53 Å². The van der Waals surface area contributed by atoms with Crippen molar-refractivity contribution < 1.29 is 23.8 Å². The van der Waals surface area contributed by atoms with Gasteiger partial charge in [0.2, 0.25) is 0 Å². The van der Waals surface area contributed by atoms with Gasteiger partial charge in [-0.15, -0.1) is 0 Å². The molecule has 0 saturated carbocycles. The Bertz CT molecular complexity index is 666. The first kappa shape index (κ1) is 15.9. The third-order valence-corrected chi connectivity index (χ3v) is 2.94. The molecule has 2 aromatic rings. The molecule has 0 bridgehead atoms. The molecule has 0 unspecified atom stereocenters. The number of rotatable bonds is 5. The van der Waals surface area contributed by atoms with Crippen LogP contribution in [0.3, 0.4) is 0 Å². The van der Waals surface area contributed by atoms with Gasteiger partial charge >= 0.3 is 11.9 Å². The Morgan fingerprint density at radius 1 is 1.05 bits per heavy atom. The summed E-state index contributed by atoms with van der Waals surface area (Å²) in [6, 6.07) is 12.9. The zero-order chi connectivity index (χ0) is 15.9. The maximum Gasteiger partial charge on any atom is 0.349 e. The highest BCUT2D eigenvalue weighted by Crippen LogP contribution is 2.19. The van der Waals surface area contributed by atoms with E-state index in [0.29, 0.717) is 10.8 Å². The third kappa shape index (κ3) is 4.23. The van der Waals surface area contributed by atoms with Crippen LogP contribution in [0.25, 0.3) is 0 Å². The minimum Gasteiger partial charge on any atom is -0.482 e. The highest BCUT2D eigenvalue weighted by Gasteiger charge is 2.15. The Labute approximate surface area is 132 Å². The lowest BCUT2D eigenvalue weighted by molar-refractivity contribution is -0.136. The van der Waals surface area contributed by atoms with E-state index in [-0.39, 0.29) is 17.9 Å². The number of carbonyl (C=O) groups excluding carboxylic acids is 2. The van der Waals surface area contributed by atoms with Crippen LogP contribution in [0.15, 0.2) is 48.5 Å². The van der Waals surface area contributed by atoms with E-state index in [1.54, 1.807) is 36.4 Å². The molecule has 6 heteroatoms. The fourth-order valence-corrected chi connectivity index (χ4v) is 1.79. The van der Waals surface area contributed by atoms with Crippen molar-refractivity contribution in [3.8, 4) is 11.5 Å². The molecule has 2 aromatic carbocycles. The monoisotopic (exact) mass is 320 g/mol. The molecule has 114 valence electrons. The fraction of sp³-hybridized carbons (Fsp3) is 0.125. The van der Waals surface area contributed by atoms with Gasteiger partial charge in [-0.25, -0.2) is 9.59 Å². The number of hydrogen-bond donors (Lipinski definition) is 0. The Balaban J connectivity index is 1.97. The Kier molecular flexibility index (Phi) is 5.38. The number of esters is 2. The molecule has 0 atom stereocenters. The number of methoxy groups -OCH3 is 1. The molecule has 0 aromatic heterocycles. The molecule has 0 radical (unpaired) electrons. The lowest BCUT2D eigenvalue weighted by Crippen LogP contribution is -2.19. The lowest BCUT2D eigenvalue weighted by Gasteiger charge is -2.09. The molecule has 0 heterocycles. The van der Waals surface area contributed by atoms with Gasteiger partial charge in [0.1, 0.15) is 17.1 Å². The van der Waals surface area contributed by atoms with E-state index in [2.05, 4.69) is 4.74 Å². The van der Waals surface area contributed by atoms with Crippen LogP contribution in [-0.4, -0.2) is 25.7 Å². The predicted molar refractivity (Wildman–Crippen MR) is 80.4 cm³/mol. The molecule has 22 heavy (non-hydrogen) atoms. The van der Waals surface area contributed by atoms with Crippen LogP contribution < -0.4 is 9.47 Å². The Morgan fingerprint density at radius 2 is 1.73 bits per heavy atom. The van der Waals surface area contributed by atoms with E-state index in [0.717, 1.165) is 0 Å². The molecule has 0 spiro atoms. The first-order chi connectivity index (χ1) is 10.6. The van der Waals surface area contributed by atoms with Gasteiger partial charge in [-0.3, -0.25) is 0 Å². The number of carbonyl (C=O) groups is 2. The van der Waals surface area contributed by atoms with Crippen molar-refractivity contribution in [2.45, 2.75) is 0 Å². The van der Waals surface area contributed by atoms with Crippen molar-refractivity contribution in [1.29, 1.82) is 0 Å². The van der Waals surface area contributed by atoms with E-state index in [1.807, 2.05) is 0 Å². The summed E-state index contributed by atoms with van der Waals surface area (Å²) in [6.45, 7) is -0.295. The fourth-order valence-electron chi connectivity index (χ4n) is 1.66. The normalized spacial score (nSPS) is 9.91. The van der Waals surface area contributed by atoms with Crippen LogP contribution in [0.4, 0.5) is 0 Å². The Hall–Kier alpha value is -2.53. The van der Waals surface area contributed by atoms with E-state index in [9.17, 15) is 9.59 Å². The Morgan fingerprint density at radius 3 is 2.41 bits per heavy atom. The highest BCUT2D eigenvalue weighted by atomic mass is 35.5. The van der Waals surface area contributed by atoms with Crippen LogP contribution in [0.1, 0.15) is 10.4 Å². The molecule has 0 N–H and O–H groups in total. The van der Waals surface area contributed by atoms with Crippen molar-refractivity contribution in [3.05, 3.63) is 59.1 Å². The average Bonchev–Trinajstić information content (AvgIpc) is 2.54. The van der Waals surface area contributed by atoms with Crippen LogP contribution in [0.5, 0.6) is 11.5 Å². The van der Waals surface area contributed by atoms with Gasteiger partial charge in [-0.05, 0) is 36.4 Å². The van der Waals surface area contributed by atoms with Gasteiger partial charge in [-0.2, -0.15) is 0 Å². The van der Waals surface area contributed by atoms with E-state index in [1.165, 1.54) is 19.2 Å². The van der Waals surface area contributed by atoms with E-state index >= 15 is 0 Å². The smallest absolute Gasteiger partial charge is 0.349 e. The minimum absolute atomic E-state index is 0.124. The SMILES string of the molecule is COC(=O)c1ccccc1OC(=O)COc1ccc(Cl)cc1. The van der Waals surface area contributed by atoms with Gasteiger partial charge in [0.15, 0.2) is 6.61 Å². The summed E-state index contributed by atoms with van der Waals surface area (Å²) in [5.41, 5.74) is 0.171. The molecular weight excluding hydrogens is 308 g/mol. The summed E-state index contributed by atoms with van der Waals surface area (Å²) in [6.07, 6.45) is 0. The molecule has 5 nitrogen and oxygen atoms in total. The van der Waals surface area contributed by atoms with E-state index in [4.69, 9.17) is 21.1 Å². The van der Waals surface area contributed by atoms with Crippen LogP contribution in [0.2, 0.25) is 5.02 Å². The third-order valence-electron chi connectivity index (χ3n) is 2.69. The topological polar surface area (TPSA) is 61.8 Å². The molecular formula is C16H13ClO5. The number of hydrogen-bond acceptors (Lipinski definition) is 5. The number of halogens is 1.